The smallest absolute Gasteiger partial charge is 0.291 e. The lowest BCUT2D eigenvalue weighted by Crippen LogP contribution is -2.13. The maximum absolute atomic E-state index is 12.3. The summed E-state index contributed by atoms with van der Waals surface area (Å²) in [5, 5.41) is 7.70. The topological polar surface area (TPSA) is 102 Å². The maximum Gasteiger partial charge on any atom is 0.291 e. The summed E-state index contributed by atoms with van der Waals surface area (Å²) in [6, 6.07) is 17.0. The van der Waals surface area contributed by atoms with E-state index in [9.17, 15) is 13.2 Å². The number of anilines is 1. The summed E-state index contributed by atoms with van der Waals surface area (Å²) >= 11 is 0. The van der Waals surface area contributed by atoms with E-state index in [2.05, 4.69) is 5.32 Å². The Balaban J connectivity index is 1.67. The fourth-order valence-corrected chi connectivity index (χ4v) is 2.94. The van der Waals surface area contributed by atoms with Crippen LogP contribution >= 0.6 is 0 Å². The molecule has 0 aliphatic rings. The number of nitrogens with two attached hydrogens (primary N) is 1. The number of hydrogen-bond acceptors (Lipinski definition) is 4. The zero-order chi connectivity index (χ0) is 18.7. The number of aryl methyl sites for hydroxylation is 1. The SMILES string of the molecule is Cc1ccc(Cc2ccc(C(=O)Nc3ccc(S(N)(=O)=O)cc3)o2)cc1. The van der Waals surface area contributed by atoms with Crippen molar-refractivity contribution in [2.75, 3.05) is 5.32 Å². The van der Waals surface area contributed by atoms with Gasteiger partial charge in [-0.2, -0.15) is 0 Å². The minimum absolute atomic E-state index is 0.0196. The first-order valence-electron chi connectivity index (χ1n) is 7.90. The molecule has 0 unspecified atom stereocenters. The van der Waals surface area contributed by atoms with Crippen molar-refractivity contribution in [1.29, 1.82) is 0 Å². The lowest BCUT2D eigenvalue weighted by molar-refractivity contribution is 0.0995. The van der Waals surface area contributed by atoms with E-state index in [1.54, 1.807) is 12.1 Å². The third-order valence-electron chi connectivity index (χ3n) is 3.83. The Morgan fingerprint density at radius 2 is 1.65 bits per heavy atom. The van der Waals surface area contributed by atoms with Gasteiger partial charge in [0, 0.05) is 12.1 Å². The zero-order valence-electron chi connectivity index (χ0n) is 14.1. The van der Waals surface area contributed by atoms with E-state index >= 15 is 0 Å². The summed E-state index contributed by atoms with van der Waals surface area (Å²) in [4.78, 5) is 12.2. The van der Waals surface area contributed by atoms with Crippen molar-refractivity contribution in [2.45, 2.75) is 18.2 Å². The van der Waals surface area contributed by atoms with Gasteiger partial charge in [0.1, 0.15) is 5.76 Å². The van der Waals surface area contributed by atoms with Crippen LogP contribution in [0.5, 0.6) is 0 Å². The Hall–Kier alpha value is -2.90. The molecule has 0 aliphatic heterocycles. The lowest BCUT2D eigenvalue weighted by Gasteiger charge is -2.04. The van der Waals surface area contributed by atoms with Crippen LogP contribution < -0.4 is 10.5 Å². The molecule has 1 aromatic heterocycles. The molecule has 7 heteroatoms. The van der Waals surface area contributed by atoms with Gasteiger partial charge in [-0.15, -0.1) is 0 Å². The molecule has 2 aromatic carbocycles. The molecule has 0 aliphatic carbocycles. The quantitative estimate of drug-likeness (QED) is 0.720. The number of amides is 1. The van der Waals surface area contributed by atoms with Gasteiger partial charge >= 0.3 is 0 Å². The van der Waals surface area contributed by atoms with Crippen LogP contribution in [-0.4, -0.2) is 14.3 Å². The van der Waals surface area contributed by atoms with E-state index in [4.69, 9.17) is 9.56 Å². The predicted octanol–water partition coefficient (Wildman–Crippen LogP) is 3.08. The standard InChI is InChI=1S/C19H18N2O4S/c1-13-2-4-14(5-3-13)12-16-8-11-18(25-16)19(22)21-15-6-9-17(10-7-15)26(20,23)24/h2-11H,12H2,1H3,(H,21,22)(H2,20,23,24). The van der Waals surface area contributed by atoms with Crippen molar-refractivity contribution in [3.63, 3.8) is 0 Å². The van der Waals surface area contributed by atoms with Gasteiger partial charge in [-0.3, -0.25) is 4.79 Å². The highest BCUT2D eigenvalue weighted by Crippen LogP contribution is 2.17. The molecule has 0 fully saturated rings. The van der Waals surface area contributed by atoms with Gasteiger partial charge in [-0.05, 0) is 48.9 Å². The van der Waals surface area contributed by atoms with Gasteiger partial charge in [-0.25, -0.2) is 13.6 Å². The van der Waals surface area contributed by atoms with Crippen LogP contribution in [0.1, 0.15) is 27.4 Å². The van der Waals surface area contributed by atoms with Gasteiger partial charge in [-0.1, -0.05) is 29.8 Å². The summed E-state index contributed by atoms with van der Waals surface area (Å²) in [5.74, 6) is 0.453. The second-order valence-electron chi connectivity index (χ2n) is 5.95. The minimum atomic E-state index is -3.76. The highest BCUT2D eigenvalue weighted by molar-refractivity contribution is 7.89. The molecule has 1 amide bonds. The van der Waals surface area contributed by atoms with E-state index in [-0.39, 0.29) is 10.7 Å². The molecule has 0 saturated carbocycles. The predicted molar refractivity (Wildman–Crippen MR) is 98.5 cm³/mol. The Kier molecular flexibility index (Phi) is 4.92. The molecule has 134 valence electrons. The number of benzene rings is 2. The number of furan rings is 1. The Bertz CT molecular complexity index is 1020. The lowest BCUT2D eigenvalue weighted by atomic mass is 10.1. The number of rotatable bonds is 5. The molecule has 0 saturated heterocycles. The molecule has 6 nitrogen and oxygen atoms in total. The molecule has 26 heavy (non-hydrogen) atoms. The molecule has 3 rings (SSSR count). The first-order valence-corrected chi connectivity index (χ1v) is 9.44. The van der Waals surface area contributed by atoms with E-state index in [1.165, 1.54) is 29.8 Å². The highest BCUT2D eigenvalue weighted by atomic mass is 32.2. The summed E-state index contributed by atoms with van der Waals surface area (Å²) in [5.41, 5.74) is 2.72. The average Bonchev–Trinajstić information content (AvgIpc) is 3.05. The van der Waals surface area contributed by atoms with Crippen molar-refractivity contribution in [3.8, 4) is 0 Å². The van der Waals surface area contributed by atoms with Crippen LogP contribution in [0.4, 0.5) is 5.69 Å². The minimum Gasteiger partial charge on any atom is -0.456 e. The van der Waals surface area contributed by atoms with Crippen molar-refractivity contribution < 1.29 is 17.6 Å². The van der Waals surface area contributed by atoms with E-state index < -0.39 is 15.9 Å². The molecule has 3 aromatic rings. The molecule has 0 atom stereocenters. The van der Waals surface area contributed by atoms with Gasteiger partial charge in [0.15, 0.2) is 5.76 Å². The number of hydrogen-bond donors (Lipinski definition) is 2. The molecule has 0 bridgehead atoms. The molecule has 0 radical (unpaired) electrons. The van der Waals surface area contributed by atoms with Gasteiger partial charge in [0.25, 0.3) is 5.91 Å². The van der Waals surface area contributed by atoms with Crippen LogP contribution in [0, 0.1) is 6.92 Å². The maximum atomic E-state index is 12.3. The monoisotopic (exact) mass is 370 g/mol. The average molecular weight is 370 g/mol. The van der Waals surface area contributed by atoms with Gasteiger partial charge in [0.05, 0.1) is 4.90 Å². The highest BCUT2D eigenvalue weighted by Gasteiger charge is 2.13. The van der Waals surface area contributed by atoms with Crippen LogP contribution in [0.3, 0.4) is 0 Å². The van der Waals surface area contributed by atoms with Crippen LogP contribution in [-0.2, 0) is 16.4 Å². The Morgan fingerprint density at radius 1 is 1.00 bits per heavy atom. The molecule has 1 heterocycles. The molecular formula is C19H18N2O4S. The first kappa shape index (κ1) is 17.9. The van der Waals surface area contributed by atoms with Gasteiger partial charge in [0.2, 0.25) is 10.0 Å². The summed E-state index contributed by atoms with van der Waals surface area (Å²) < 4.78 is 28.1. The number of nitrogens with one attached hydrogen (secondary N) is 1. The first-order chi connectivity index (χ1) is 12.3. The largest absolute Gasteiger partial charge is 0.456 e. The summed E-state index contributed by atoms with van der Waals surface area (Å²) in [7, 11) is -3.76. The second kappa shape index (κ2) is 7.15. The molecular weight excluding hydrogens is 352 g/mol. The van der Waals surface area contributed by atoms with Gasteiger partial charge < -0.3 is 9.73 Å². The third kappa shape index (κ3) is 4.38. The van der Waals surface area contributed by atoms with Crippen LogP contribution in [0.2, 0.25) is 0 Å². The summed E-state index contributed by atoms with van der Waals surface area (Å²) in [6.45, 7) is 2.02. The van der Waals surface area contributed by atoms with E-state index in [1.807, 2.05) is 31.2 Å². The fraction of sp³-hybridized carbons (Fsp3) is 0.105. The Labute approximate surface area is 151 Å². The third-order valence-corrected chi connectivity index (χ3v) is 4.75. The molecule has 0 spiro atoms. The number of carbonyl (C=O) groups excluding carboxylic acids is 1. The second-order valence-corrected chi connectivity index (χ2v) is 7.51. The van der Waals surface area contributed by atoms with Crippen molar-refractivity contribution >= 4 is 21.6 Å². The van der Waals surface area contributed by atoms with Crippen LogP contribution in [0.25, 0.3) is 0 Å². The number of primary sulfonamides is 1. The zero-order valence-corrected chi connectivity index (χ0v) is 14.9. The van der Waals surface area contributed by atoms with Crippen molar-refractivity contribution in [2.24, 2.45) is 5.14 Å². The van der Waals surface area contributed by atoms with E-state index in [0.717, 1.165) is 5.56 Å². The normalized spacial score (nSPS) is 11.3. The number of sulfonamides is 1. The fourth-order valence-electron chi connectivity index (χ4n) is 2.42. The molecule has 3 N–H and O–H groups in total. The summed E-state index contributed by atoms with van der Waals surface area (Å²) in [6.07, 6.45) is 0.594. The van der Waals surface area contributed by atoms with Crippen molar-refractivity contribution in [1.82, 2.24) is 0 Å². The van der Waals surface area contributed by atoms with Crippen LogP contribution in [0.15, 0.2) is 70.0 Å². The Morgan fingerprint density at radius 3 is 2.27 bits per heavy atom. The van der Waals surface area contributed by atoms with Crippen molar-refractivity contribution in [3.05, 3.63) is 83.3 Å². The number of carbonyl (C=O) groups is 1. The van der Waals surface area contributed by atoms with E-state index in [0.29, 0.717) is 17.9 Å².